The first-order chi connectivity index (χ1) is 14.5. The van der Waals surface area contributed by atoms with Gasteiger partial charge in [0.25, 0.3) is 11.8 Å². The van der Waals surface area contributed by atoms with E-state index < -0.39 is 12.5 Å². The quantitative estimate of drug-likeness (QED) is 0.687. The Labute approximate surface area is 180 Å². The standard InChI is InChI=1S/C22H27F2N5O2/c1-12(2)20(30)28-19-17-10-29(21(31)16(17)6-7-25-19)14(4)15-8-13(3)18(26-9-15)27-11-22(5,23)24/h6-9,12,14H,10-11H2,1-5H3,(H,26,27)(H,25,28,30). The van der Waals surface area contributed by atoms with Crippen LogP contribution in [0, 0.1) is 12.8 Å². The lowest BCUT2D eigenvalue weighted by Gasteiger charge is -2.25. The van der Waals surface area contributed by atoms with Gasteiger partial charge in [-0.2, -0.15) is 0 Å². The maximum atomic E-state index is 13.1. The molecule has 1 atom stereocenters. The second-order valence-electron chi connectivity index (χ2n) is 8.30. The molecule has 0 radical (unpaired) electrons. The Balaban J connectivity index is 1.80. The van der Waals surface area contributed by atoms with Gasteiger partial charge in [-0.05, 0) is 37.1 Å². The van der Waals surface area contributed by atoms with Crippen molar-refractivity contribution in [2.75, 3.05) is 17.2 Å². The number of aromatic nitrogens is 2. The molecule has 0 saturated carbocycles. The summed E-state index contributed by atoms with van der Waals surface area (Å²) < 4.78 is 26.2. The van der Waals surface area contributed by atoms with Crippen LogP contribution in [0.25, 0.3) is 0 Å². The SMILES string of the molecule is Cc1cc(C(C)N2Cc3c(ccnc3NC(=O)C(C)C)C2=O)cnc1NCC(C)(F)F. The van der Waals surface area contributed by atoms with E-state index >= 15 is 0 Å². The van der Waals surface area contributed by atoms with Crippen molar-refractivity contribution in [3.63, 3.8) is 0 Å². The number of rotatable bonds is 7. The summed E-state index contributed by atoms with van der Waals surface area (Å²) in [5.74, 6) is -2.59. The molecule has 3 rings (SSSR count). The fraction of sp³-hybridized carbons (Fsp3) is 0.455. The van der Waals surface area contributed by atoms with Gasteiger partial charge in [0.2, 0.25) is 5.91 Å². The van der Waals surface area contributed by atoms with Gasteiger partial charge in [0, 0.05) is 36.4 Å². The highest BCUT2D eigenvalue weighted by molar-refractivity contribution is 6.01. The summed E-state index contributed by atoms with van der Waals surface area (Å²) in [6.07, 6.45) is 3.10. The largest absolute Gasteiger partial charge is 0.364 e. The Morgan fingerprint density at radius 2 is 1.97 bits per heavy atom. The lowest BCUT2D eigenvalue weighted by atomic mass is 10.1. The van der Waals surface area contributed by atoms with Crippen molar-refractivity contribution in [2.24, 2.45) is 5.92 Å². The molecule has 166 valence electrons. The first kappa shape index (κ1) is 22.6. The van der Waals surface area contributed by atoms with Crippen LogP contribution >= 0.6 is 0 Å². The smallest absolute Gasteiger partial charge is 0.262 e. The van der Waals surface area contributed by atoms with Gasteiger partial charge in [-0.1, -0.05) is 13.8 Å². The lowest BCUT2D eigenvalue weighted by Crippen LogP contribution is -2.28. The van der Waals surface area contributed by atoms with Crippen molar-refractivity contribution in [1.29, 1.82) is 0 Å². The third-order valence-electron chi connectivity index (χ3n) is 5.26. The van der Waals surface area contributed by atoms with E-state index in [9.17, 15) is 18.4 Å². The molecule has 0 saturated heterocycles. The van der Waals surface area contributed by atoms with Gasteiger partial charge in [0.05, 0.1) is 19.1 Å². The van der Waals surface area contributed by atoms with Crippen LogP contribution in [-0.4, -0.2) is 39.1 Å². The molecule has 1 aliphatic heterocycles. The number of amides is 2. The molecule has 0 fully saturated rings. The van der Waals surface area contributed by atoms with Crippen LogP contribution in [0.15, 0.2) is 24.5 Å². The van der Waals surface area contributed by atoms with Crippen LogP contribution in [0.1, 0.15) is 60.8 Å². The second-order valence-corrected chi connectivity index (χ2v) is 8.30. The van der Waals surface area contributed by atoms with Crippen LogP contribution in [0.2, 0.25) is 0 Å². The number of nitrogens with one attached hydrogen (secondary N) is 2. The lowest BCUT2D eigenvalue weighted by molar-refractivity contribution is -0.118. The zero-order chi connectivity index (χ0) is 22.9. The molecule has 0 spiro atoms. The van der Waals surface area contributed by atoms with Gasteiger partial charge in [0.1, 0.15) is 11.6 Å². The highest BCUT2D eigenvalue weighted by Crippen LogP contribution is 2.34. The second kappa shape index (κ2) is 8.56. The van der Waals surface area contributed by atoms with Crippen molar-refractivity contribution in [3.05, 3.63) is 46.8 Å². The molecule has 1 aliphatic rings. The predicted octanol–water partition coefficient (Wildman–Crippen LogP) is 4.16. The summed E-state index contributed by atoms with van der Waals surface area (Å²) >= 11 is 0. The number of halogens is 2. The van der Waals surface area contributed by atoms with Gasteiger partial charge in [-0.15, -0.1) is 0 Å². The highest BCUT2D eigenvalue weighted by Gasteiger charge is 2.34. The van der Waals surface area contributed by atoms with Crippen LogP contribution in [-0.2, 0) is 11.3 Å². The average Bonchev–Trinajstić information content (AvgIpc) is 3.03. The van der Waals surface area contributed by atoms with Gasteiger partial charge in [0.15, 0.2) is 0 Å². The molecule has 31 heavy (non-hydrogen) atoms. The minimum Gasteiger partial charge on any atom is -0.364 e. The number of pyridine rings is 2. The van der Waals surface area contributed by atoms with Gasteiger partial charge < -0.3 is 15.5 Å². The molecule has 7 nitrogen and oxygen atoms in total. The number of hydrogen-bond donors (Lipinski definition) is 2. The number of anilines is 2. The van der Waals surface area contributed by atoms with Crippen molar-refractivity contribution >= 4 is 23.5 Å². The Kier molecular flexibility index (Phi) is 6.24. The Morgan fingerprint density at radius 1 is 1.26 bits per heavy atom. The van der Waals surface area contributed by atoms with Crippen LogP contribution in [0.4, 0.5) is 20.4 Å². The Hall–Kier alpha value is -3.10. The number of carbonyl (C=O) groups excluding carboxylic acids is 2. The van der Waals surface area contributed by atoms with E-state index in [0.29, 0.717) is 34.9 Å². The molecule has 0 aromatic carbocycles. The minimum atomic E-state index is -2.84. The summed E-state index contributed by atoms with van der Waals surface area (Å²) in [6, 6.07) is 3.18. The maximum absolute atomic E-state index is 13.1. The Morgan fingerprint density at radius 3 is 2.58 bits per heavy atom. The molecule has 1 unspecified atom stereocenters. The molecule has 2 aromatic rings. The predicted molar refractivity (Wildman–Crippen MR) is 114 cm³/mol. The number of nitrogens with zero attached hydrogens (tertiary/aromatic N) is 3. The average molecular weight is 431 g/mol. The normalized spacial score (nSPS) is 14.6. The Bertz CT molecular complexity index is 1000. The van der Waals surface area contributed by atoms with E-state index in [1.807, 2.05) is 13.0 Å². The number of hydrogen-bond acceptors (Lipinski definition) is 5. The minimum absolute atomic E-state index is 0.157. The van der Waals surface area contributed by atoms with Crippen molar-refractivity contribution in [2.45, 2.75) is 53.1 Å². The van der Waals surface area contributed by atoms with E-state index in [1.165, 1.54) is 6.20 Å². The van der Waals surface area contributed by atoms with Crippen molar-refractivity contribution in [1.82, 2.24) is 14.9 Å². The van der Waals surface area contributed by atoms with Crippen molar-refractivity contribution in [3.8, 4) is 0 Å². The zero-order valence-corrected chi connectivity index (χ0v) is 18.3. The fourth-order valence-corrected chi connectivity index (χ4v) is 3.36. The molecule has 0 bridgehead atoms. The third-order valence-corrected chi connectivity index (χ3v) is 5.26. The monoisotopic (exact) mass is 431 g/mol. The summed E-state index contributed by atoms with van der Waals surface area (Å²) in [5, 5.41) is 5.45. The summed E-state index contributed by atoms with van der Waals surface area (Å²) in [4.78, 5) is 35.3. The number of fused-ring (bicyclic) bond motifs is 1. The van der Waals surface area contributed by atoms with Crippen LogP contribution in [0.3, 0.4) is 0 Å². The number of alkyl halides is 2. The molecule has 9 heteroatoms. The third kappa shape index (κ3) is 4.98. The van der Waals surface area contributed by atoms with E-state index in [0.717, 1.165) is 12.5 Å². The number of aryl methyl sites for hydroxylation is 1. The maximum Gasteiger partial charge on any atom is 0.262 e. The van der Waals surface area contributed by atoms with Gasteiger partial charge in [-0.25, -0.2) is 18.7 Å². The zero-order valence-electron chi connectivity index (χ0n) is 18.3. The van der Waals surface area contributed by atoms with E-state index in [1.54, 1.807) is 37.9 Å². The van der Waals surface area contributed by atoms with Crippen LogP contribution in [0.5, 0.6) is 0 Å². The molecular formula is C22H27F2N5O2. The molecule has 2 amide bonds. The summed E-state index contributed by atoms with van der Waals surface area (Å²) in [6.45, 7) is 7.87. The summed E-state index contributed by atoms with van der Waals surface area (Å²) in [5.41, 5.74) is 2.69. The van der Waals surface area contributed by atoms with Gasteiger partial charge >= 0.3 is 0 Å². The topological polar surface area (TPSA) is 87.2 Å². The molecule has 2 aromatic heterocycles. The van der Waals surface area contributed by atoms with E-state index in [4.69, 9.17) is 0 Å². The summed E-state index contributed by atoms with van der Waals surface area (Å²) in [7, 11) is 0. The highest BCUT2D eigenvalue weighted by atomic mass is 19.3. The van der Waals surface area contributed by atoms with E-state index in [2.05, 4.69) is 20.6 Å². The first-order valence-electron chi connectivity index (χ1n) is 10.2. The first-order valence-corrected chi connectivity index (χ1v) is 10.2. The van der Waals surface area contributed by atoms with Crippen LogP contribution < -0.4 is 10.6 Å². The molecule has 0 aliphatic carbocycles. The molecule has 3 heterocycles. The molecular weight excluding hydrogens is 404 g/mol. The fourth-order valence-electron chi connectivity index (χ4n) is 3.36. The van der Waals surface area contributed by atoms with Gasteiger partial charge in [-0.3, -0.25) is 9.59 Å². The number of carbonyl (C=O) groups is 2. The molecule has 2 N–H and O–H groups in total. The van der Waals surface area contributed by atoms with Crippen molar-refractivity contribution < 1.29 is 18.4 Å². The van der Waals surface area contributed by atoms with E-state index in [-0.39, 0.29) is 23.8 Å².